The van der Waals surface area contributed by atoms with E-state index in [4.69, 9.17) is 10.1 Å². The summed E-state index contributed by atoms with van der Waals surface area (Å²) >= 11 is 4.54. The monoisotopic (exact) mass is 535 g/mol. The molecule has 3 aromatic rings. The molecule has 6 nitrogen and oxygen atoms in total. The van der Waals surface area contributed by atoms with Crippen molar-refractivity contribution in [2.75, 3.05) is 16.8 Å². The largest absolute Gasteiger partial charge is 0.483 e. The molecular formula is C26H22BrN3O3S. The first-order valence-corrected chi connectivity index (χ1v) is 12.1. The minimum Gasteiger partial charge on any atom is -0.483 e. The molecule has 0 spiro atoms. The maximum atomic E-state index is 13.1. The van der Waals surface area contributed by atoms with Gasteiger partial charge in [-0.3, -0.25) is 19.9 Å². The first-order valence-electron chi connectivity index (χ1n) is 10.5. The van der Waals surface area contributed by atoms with Crippen LogP contribution in [-0.4, -0.2) is 23.6 Å². The summed E-state index contributed by atoms with van der Waals surface area (Å²) in [5.41, 5.74) is 4.10. The number of hydrogen-bond acceptors (Lipinski definition) is 5. The number of hydrogen-bond donors (Lipinski definition) is 2. The molecule has 0 atom stereocenters. The number of thioether (sulfide) groups is 1. The molecule has 172 valence electrons. The summed E-state index contributed by atoms with van der Waals surface area (Å²) in [7, 11) is 0. The van der Waals surface area contributed by atoms with Crippen molar-refractivity contribution < 1.29 is 14.3 Å². The molecule has 0 radical (unpaired) electrons. The molecule has 3 aromatic carbocycles. The number of nitrogens with zero attached hydrogens (tertiary/aromatic N) is 1. The molecule has 34 heavy (non-hydrogen) atoms. The molecule has 1 aliphatic heterocycles. The quantitative estimate of drug-likeness (QED) is 0.371. The number of carbonyl (C=O) groups excluding carboxylic acids is 2. The van der Waals surface area contributed by atoms with Gasteiger partial charge in [-0.2, -0.15) is 0 Å². The van der Waals surface area contributed by atoms with E-state index in [0.717, 1.165) is 27.4 Å². The van der Waals surface area contributed by atoms with Gasteiger partial charge in [-0.15, -0.1) is 0 Å². The van der Waals surface area contributed by atoms with Crippen molar-refractivity contribution in [3.8, 4) is 5.75 Å². The smallest absolute Gasteiger partial charge is 0.271 e. The fourth-order valence-corrected chi connectivity index (χ4v) is 4.60. The Balaban J connectivity index is 1.51. The summed E-state index contributed by atoms with van der Waals surface area (Å²) in [6.45, 7) is 3.74. The summed E-state index contributed by atoms with van der Waals surface area (Å²) < 4.78 is 6.59. The number of benzene rings is 3. The highest BCUT2D eigenvalue weighted by molar-refractivity contribution is 9.10. The maximum Gasteiger partial charge on any atom is 0.271 e. The minimum absolute atomic E-state index is 0.136. The van der Waals surface area contributed by atoms with Crippen LogP contribution in [-0.2, 0) is 9.59 Å². The lowest BCUT2D eigenvalue weighted by Gasteiger charge is -2.14. The van der Waals surface area contributed by atoms with Gasteiger partial charge in [-0.25, -0.2) is 0 Å². The van der Waals surface area contributed by atoms with E-state index in [9.17, 15) is 9.59 Å². The van der Waals surface area contributed by atoms with Gasteiger partial charge in [0, 0.05) is 15.7 Å². The van der Waals surface area contributed by atoms with Gasteiger partial charge in [0.1, 0.15) is 5.75 Å². The Morgan fingerprint density at radius 3 is 2.59 bits per heavy atom. The number of amidine groups is 1. The van der Waals surface area contributed by atoms with E-state index in [1.807, 2.05) is 68.4 Å². The second kappa shape index (κ2) is 10.3. The van der Waals surface area contributed by atoms with Crippen LogP contribution >= 0.6 is 27.7 Å². The summed E-state index contributed by atoms with van der Waals surface area (Å²) in [5, 5.41) is 11.3. The zero-order chi connectivity index (χ0) is 24.2. The molecule has 0 saturated carbocycles. The van der Waals surface area contributed by atoms with E-state index in [1.165, 1.54) is 4.90 Å². The van der Waals surface area contributed by atoms with Gasteiger partial charge < -0.3 is 10.1 Å². The van der Waals surface area contributed by atoms with Gasteiger partial charge in [0.2, 0.25) is 0 Å². The van der Waals surface area contributed by atoms with E-state index >= 15 is 0 Å². The minimum atomic E-state index is -0.288. The average molecular weight is 536 g/mol. The molecule has 0 aliphatic carbocycles. The van der Waals surface area contributed by atoms with E-state index < -0.39 is 0 Å². The topological polar surface area (TPSA) is 82.5 Å². The molecule has 0 unspecified atom stereocenters. The van der Waals surface area contributed by atoms with Crippen LogP contribution in [0.1, 0.15) is 16.7 Å². The van der Waals surface area contributed by atoms with Crippen LogP contribution in [0.3, 0.4) is 0 Å². The molecule has 8 heteroatoms. The highest BCUT2D eigenvalue weighted by Gasteiger charge is 2.33. The van der Waals surface area contributed by atoms with Gasteiger partial charge in [-0.1, -0.05) is 45.8 Å². The summed E-state index contributed by atoms with van der Waals surface area (Å²) in [5.74, 6) is -0.101. The fraction of sp³-hybridized carbons (Fsp3) is 0.115. The predicted molar refractivity (Wildman–Crippen MR) is 141 cm³/mol. The number of amides is 2. The van der Waals surface area contributed by atoms with E-state index in [2.05, 4.69) is 21.2 Å². The molecule has 4 rings (SSSR count). The lowest BCUT2D eigenvalue weighted by Crippen LogP contribution is -2.28. The molecule has 1 aliphatic rings. The Labute approximate surface area is 210 Å². The molecule has 0 bridgehead atoms. The van der Waals surface area contributed by atoms with Crippen LogP contribution in [0.25, 0.3) is 6.08 Å². The third-order valence-electron chi connectivity index (χ3n) is 5.04. The van der Waals surface area contributed by atoms with Crippen molar-refractivity contribution in [1.29, 1.82) is 5.41 Å². The van der Waals surface area contributed by atoms with Crippen LogP contribution in [0, 0.1) is 19.3 Å². The number of nitrogens with one attached hydrogen (secondary N) is 2. The van der Waals surface area contributed by atoms with Gasteiger partial charge >= 0.3 is 0 Å². The maximum absolute atomic E-state index is 13.1. The van der Waals surface area contributed by atoms with E-state index in [1.54, 1.807) is 18.2 Å². The molecule has 1 heterocycles. The Kier molecular flexibility index (Phi) is 7.19. The number of carbonyl (C=O) groups is 2. The van der Waals surface area contributed by atoms with Crippen LogP contribution < -0.4 is 15.0 Å². The van der Waals surface area contributed by atoms with Crippen molar-refractivity contribution >= 4 is 62.1 Å². The summed E-state index contributed by atoms with van der Waals surface area (Å²) in [6, 6.07) is 20.3. The number of anilines is 2. The Bertz CT molecular complexity index is 1300. The highest BCUT2D eigenvalue weighted by Crippen LogP contribution is 2.37. The normalized spacial score (nSPS) is 14.6. The van der Waals surface area contributed by atoms with E-state index in [0.29, 0.717) is 27.6 Å². The number of aryl methyl sites for hydroxylation is 2. The Morgan fingerprint density at radius 2 is 1.85 bits per heavy atom. The number of rotatable bonds is 6. The fourth-order valence-electron chi connectivity index (χ4n) is 3.37. The SMILES string of the molecule is Cc1ccc(NC(=O)COc2ccc(Br)cc2/C=C2\SC(=N)N(c3cccc(C)c3)C2=O)cc1. The van der Waals surface area contributed by atoms with Crippen molar-refractivity contribution in [3.63, 3.8) is 0 Å². The predicted octanol–water partition coefficient (Wildman–Crippen LogP) is 6.14. The van der Waals surface area contributed by atoms with Crippen LogP contribution in [0.5, 0.6) is 5.75 Å². The van der Waals surface area contributed by atoms with Crippen molar-refractivity contribution in [2.45, 2.75) is 13.8 Å². The third-order valence-corrected chi connectivity index (χ3v) is 6.42. The van der Waals surface area contributed by atoms with Gasteiger partial charge in [0.05, 0.1) is 10.6 Å². The summed E-state index contributed by atoms with van der Waals surface area (Å²) in [4.78, 5) is 27.3. The van der Waals surface area contributed by atoms with Gasteiger partial charge in [0.25, 0.3) is 11.8 Å². The van der Waals surface area contributed by atoms with Crippen molar-refractivity contribution in [3.05, 3.63) is 92.8 Å². The number of halogens is 1. The standard InChI is InChI=1S/C26H22BrN3O3S/c1-16-6-9-20(10-7-16)29-24(31)15-33-22-11-8-19(27)13-18(22)14-23-25(32)30(26(28)34-23)21-5-3-4-17(2)12-21/h3-14,28H,15H2,1-2H3,(H,29,31)/b23-14-,28-26?. The highest BCUT2D eigenvalue weighted by atomic mass is 79.9. The molecular weight excluding hydrogens is 514 g/mol. The Morgan fingerprint density at radius 1 is 1.09 bits per heavy atom. The zero-order valence-electron chi connectivity index (χ0n) is 18.6. The van der Waals surface area contributed by atoms with Crippen LogP contribution in [0.2, 0.25) is 0 Å². The third kappa shape index (κ3) is 5.58. The van der Waals surface area contributed by atoms with Crippen LogP contribution in [0.15, 0.2) is 76.1 Å². The molecule has 0 aromatic heterocycles. The molecule has 1 fully saturated rings. The number of ether oxygens (including phenoxy) is 1. The molecule has 2 N–H and O–H groups in total. The van der Waals surface area contributed by atoms with Crippen molar-refractivity contribution in [2.24, 2.45) is 0 Å². The summed E-state index contributed by atoms with van der Waals surface area (Å²) in [6.07, 6.45) is 1.69. The van der Waals surface area contributed by atoms with Crippen molar-refractivity contribution in [1.82, 2.24) is 0 Å². The Hall–Kier alpha value is -3.36. The lowest BCUT2D eigenvalue weighted by molar-refractivity contribution is -0.118. The van der Waals surface area contributed by atoms with E-state index in [-0.39, 0.29) is 23.6 Å². The first kappa shape index (κ1) is 23.8. The second-order valence-electron chi connectivity index (χ2n) is 7.78. The van der Waals surface area contributed by atoms with Gasteiger partial charge in [0.15, 0.2) is 11.8 Å². The average Bonchev–Trinajstić information content (AvgIpc) is 3.07. The zero-order valence-corrected chi connectivity index (χ0v) is 21.0. The lowest BCUT2D eigenvalue weighted by atomic mass is 10.1. The molecule has 1 saturated heterocycles. The van der Waals surface area contributed by atoms with Crippen LogP contribution in [0.4, 0.5) is 11.4 Å². The second-order valence-corrected chi connectivity index (χ2v) is 9.73. The first-order chi connectivity index (χ1) is 16.3. The molecule has 2 amide bonds. The van der Waals surface area contributed by atoms with Gasteiger partial charge in [-0.05, 0) is 79.7 Å².